The molecule has 0 bridgehead atoms. The minimum absolute atomic E-state index is 0.147. The van der Waals surface area contributed by atoms with E-state index in [1.165, 1.54) is 8.26 Å². The Bertz CT molecular complexity index is 89.0. The standard InChI is InChI=1S/2C5H11.Bi/c2*1-5(2,3)4;/h2*1H2,2-4H3;. The van der Waals surface area contributed by atoms with Gasteiger partial charge in [0.25, 0.3) is 0 Å². The van der Waals surface area contributed by atoms with Crippen LogP contribution in [0.1, 0.15) is 41.5 Å². The molecule has 0 aromatic rings. The SMILES string of the molecule is CC(C)(C)[CH2][Bi][CH2]C(C)(C)C. The second kappa shape index (κ2) is 4.21. The van der Waals surface area contributed by atoms with Crippen LogP contribution in [0.2, 0.25) is 8.26 Å². The zero-order valence-electron chi connectivity index (χ0n) is 8.86. The van der Waals surface area contributed by atoms with Crippen molar-refractivity contribution in [3.8, 4) is 0 Å². The minimum atomic E-state index is -0.147. The molecule has 0 amide bonds. The number of hydrogen-bond donors (Lipinski definition) is 0. The molecule has 0 aliphatic rings. The predicted molar refractivity (Wildman–Crippen MR) is 54.3 cm³/mol. The van der Waals surface area contributed by atoms with Gasteiger partial charge in [0, 0.05) is 0 Å². The van der Waals surface area contributed by atoms with Gasteiger partial charge >= 0.3 is 83.9 Å². The Morgan fingerprint density at radius 3 is 1.18 bits per heavy atom. The topological polar surface area (TPSA) is 0 Å². The summed E-state index contributed by atoms with van der Waals surface area (Å²) in [5.41, 5.74) is 1.20. The summed E-state index contributed by atoms with van der Waals surface area (Å²) in [6.07, 6.45) is 0. The molecular formula is C10H22Bi. The summed E-state index contributed by atoms with van der Waals surface area (Å²) in [6.45, 7) is 14.2. The van der Waals surface area contributed by atoms with Crippen molar-refractivity contribution < 1.29 is 0 Å². The molecule has 0 spiro atoms. The Morgan fingerprint density at radius 1 is 0.727 bits per heavy atom. The van der Waals surface area contributed by atoms with Gasteiger partial charge in [-0.15, -0.1) is 0 Å². The summed E-state index contributed by atoms with van der Waals surface area (Å²) in [5.74, 6) is 0. The molecule has 11 heavy (non-hydrogen) atoms. The van der Waals surface area contributed by atoms with Gasteiger partial charge in [0.2, 0.25) is 0 Å². The van der Waals surface area contributed by atoms with E-state index in [1.54, 1.807) is 0 Å². The molecule has 0 fully saturated rings. The molecular weight excluding hydrogens is 329 g/mol. The molecule has 0 atom stereocenters. The Kier molecular flexibility index (Phi) is 4.55. The number of rotatable bonds is 2. The Morgan fingerprint density at radius 2 is 1.00 bits per heavy atom. The van der Waals surface area contributed by atoms with E-state index in [4.69, 9.17) is 0 Å². The predicted octanol–water partition coefficient (Wildman–Crippen LogP) is 3.62. The van der Waals surface area contributed by atoms with E-state index >= 15 is 0 Å². The second-order valence-corrected chi connectivity index (χ2v) is 9.86. The van der Waals surface area contributed by atoms with Crippen molar-refractivity contribution in [2.45, 2.75) is 49.8 Å². The molecule has 0 rings (SSSR count). The first-order valence-electron chi connectivity index (χ1n) is 4.34. The summed E-state index contributed by atoms with van der Waals surface area (Å²) in [5, 5.41) is 0. The molecule has 0 heterocycles. The van der Waals surface area contributed by atoms with Crippen LogP contribution >= 0.6 is 0 Å². The average Bonchev–Trinajstić information content (AvgIpc) is 1.55. The van der Waals surface area contributed by atoms with Crippen molar-refractivity contribution in [1.82, 2.24) is 0 Å². The third kappa shape index (κ3) is 10.9. The molecule has 0 saturated heterocycles. The van der Waals surface area contributed by atoms with E-state index < -0.39 is 0 Å². The quantitative estimate of drug-likeness (QED) is 0.667. The van der Waals surface area contributed by atoms with Gasteiger partial charge < -0.3 is 0 Å². The molecule has 1 radical (unpaired) electrons. The Hall–Kier alpha value is 0.883. The molecule has 0 unspecified atom stereocenters. The second-order valence-electron chi connectivity index (χ2n) is 5.66. The molecule has 1 heteroatoms. The molecule has 0 aliphatic heterocycles. The maximum absolute atomic E-state index is 2.36. The van der Waals surface area contributed by atoms with Gasteiger partial charge in [-0.3, -0.25) is 0 Å². The zero-order chi connectivity index (χ0) is 9.12. The van der Waals surface area contributed by atoms with Crippen LogP contribution in [0.4, 0.5) is 0 Å². The van der Waals surface area contributed by atoms with Gasteiger partial charge in [0.1, 0.15) is 0 Å². The van der Waals surface area contributed by atoms with E-state index in [1.807, 2.05) is 0 Å². The van der Waals surface area contributed by atoms with E-state index in [9.17, 15) is 0 Å². The van der Waals surface area contributed by atoms with Crippen LogP contribution in [-0.4, -0.2) is 23.2 Å². The van der Waals surface area contributed by atoms with Crippen LogP contribution in [0.15, 0.2) is 0 Å². The van der Waals surface area contributed by atoms with Gasteiger partial charge in [-0.05, 0) is 0 Å². The van der Waals surface area contributed by atoms with Gasteiger partial charge in [-0.2, -0.15) is 0 Å². The normalized spacial score (nSPS) is 13.6. The molecule has 0 aromatic carbocycles. The fourth-order valence-corrected chi connectivity index (χ4v) is 6.38. The van der Waals surface area contributed by atoms with Crippen LogP contribution in [0.5, 0.6) is 0 Å². The zero-order valence-corrected chi connectivity index (χ0v) is 12.3. The monoisotopic (exact) mass is 351 g/mol. The van der Waals surface area contributed by atoms with E-state index in [0.717, 1.165) is 0 Å². The molecule has 0 aromatic heterocycles. The van der Waals surface area contributed by atoms with Crippen LogP contribution in [0.25, 0.3) is 0 Å². The number of hydrogen-bond acceptors (Lipinski definition) is 0. The summed E-state index contributed by atoms with van der Waals surface area (Å²) in [6, 6.07) is 0. The van der Waals surface area contributed by atoms with E-state index in [-0.39, 0.29) is 23.2 Å². The summed E-state index contributed by atoms with van der Waals surface area (Å²) < 4.78 is 3.06. The fourth-order valence-electron chi connectivity index (χ4n) is 0.727. The first kappa shape index (κ1) is 11.9. The fraction of sp³-hybridized carbons (Fsp3) is 1.00. The van der Waals surface area contributed by atoms with Gasteiger partial charge in [0.05, 0.1) is 0 Å². The van der Waals surface area contributed by atoms with Gasteiger partial charge in [0.15, 0.2) is 0 Å². The maximum atomic E-state index is 2.36. The Labute approximate surface area is 83.7 Å². The van der Waals surface area contributed by atoms with Crippen molar-refractivity contribution in [3.05, 3.63) is 0 Å². The third-order valence-corrected chi connectivity index (χ3v) is 10.3. The first-order valence-corrected chi connectivity index (χ1v) is 9.26. The van der Waals surface area contributed by atoms with Crippen molar-refractivity contribution in [2.24, 2.45) is 10.8 Å². The molecule has 67 valence electrons. The van der Waals surface area contributed by atoms with Crippen molar-refractivity contribution >= 4 is 23.2 Å². The van der Waals surface area contributed by atoms with Crippen LogP contribution in [0.3, 0.4) is 0 Å². The van der Waals surface area contributed by atoms with Crippen molar-refractivity contribution in [1.29, 1.82) is 0 Å². The average molecular weight is 351 g/mol. The summed E-state index contributed by atoms with van der Waals surface area (Å²) in [7, 11) is 0. The first-order chi connectivity index (χ1) is 4.71. The van der Waals surface area contributed by atoms with Crippen LogP contribution < -0.4 is 0 Å². The van der Waals surface area contributed by atoms with Gasteiger partial charge in [-0.1, -0.05) is 0 Å². The summed E-state index contributed by atoms with van der Waals surface area (Å²) >= 11 is -0.147. The van der Waals surface area contributed by atoms with Crippen LogP contribution in [0, 0.1) is 10.8 Å². The van der Waals surface area contributed by atoms with Gasteiger partial charge in [-0.25, -0.2) is 0 Å². The third-order valence-electron chi connectivity index (χ3n) is 1.17. The molecule has 0 nitrogen and oxygen atoms in total. The van der Waals surface area contributed by atoms with Crippen LogP contribution in [-0.2, 0) is 0 Å². The van der Waals surface area contributed by atoms with E-state index in [0.29, 0.717) is 10.8 Å². The Balaban J connectivity index is 3.44. The van der Waals surface area contributed by atoms with Crippen molar-refractivity contribution in [2.75, 3.05) is 0 Å². The molecule has 0 saturated carbocycles. The summed E-state index contributed by atoms with van der Waals surface area (Å²) in [4.78, 5) is 0. The van der Waals surface area contributed by atoms with E-state index in [2.05, 4.69) is 41.5 Å². The van der Waals surface area contributed by atoms with Crippen molar-refractivity contribution in [3.63, 3.8) is 0 Å². The molecule has 0 N–H and O–H groups in total. The molecule has 0 aliphatic carbocycles.